The average molecular weight is 351 g/mol. The molecule has 0 fully saturated rings. The number of aromatic nitrogens is 1. The van der Waals surface area contributed by atoms with Gasteiger partial charge in [-0.05, 0) is 35.9 Å². The molecule has 0 aliphatic rings. The third kappa shape index (κ3) is 4.36. The van der Waals surface area contributed by atoms with Crippen LogP contribution in [0, 0.1) is 10.1 Å². The first-order chi connectivity index (χ1) is 12.1. The van der Waals surface area contributed by atoms with E-state index in [1.807, 2.05) is 17.5 Å². The number of nitro benzene ring substituents is 1. The minimum absolute atomic E-state index is 0.0525. The highest BCUT2D eigenvalue weighted by Crippen LogP contribution is 2.19. The van der Waals surface area contributed by atoms with Crippen LogP contribution in [0.3, 0.4) is 0 Å². The summed E-state index contributed by atoms with van der Waals surface area (Å²) in [6.45, 7) is 0. The van der Waals surface area contributed by atoms with Gasteiger partial charge in [-0.3, -0.25) is 20.2 Å². The van der Waals surface area contributed by atoms with Crippen LogP contribution in [0.4, 0.5) is 10.8 Å². The van der Waals surface area contributed by atoms with Crippen LogP contribution in [-0.2, 0) is 0 Å². The Morgan fingerprint density at radius 3 is 2.48 bits per heavy atom. The van der Waals surface area contributed by atoms with Crippen LogP contribution < -0.4 is 5.32 Å². The Bertz CT molecular complexity index is 918. The van der Waals surface area contributed by atoms with Crippen molar-refractivity contribution in [1.29, 1.82) is 0 Å². The predicted molar refractivity (Wildman–Crippen MR) is 98.5 cm³/mol. The van der Waals surface area contributed by atoms with Gasteiger partial charge in [0.25, 0.3) is 11.6 Å². The number of benzene rings is 2. The summed E-state index contributed by atoms with van der Waals surface area (Å²) >= 11 is 1.33. The lowest BCUT2D eigenvalue weighted by Crippen LogP contribution is -2.11. The fraction of sp³-hybridized carbons (Fsp3) is 0. The van der Waals surface area contributed by atoms with Gasteiger partial charge in [0.2, 0.25) is 0 Å². The number of carbonyl (C=O) groups excluding carboxylic acids is 1. The second kappa shape index (κ2) is 7.50. The van der Waals surface area contributed by atoms with Gasteiger partial charge in [-0.1, -0.05) is 24.3 Å². The lowest BCUT2D eigenvalue weighted by Gasteiger charge is -2.00. The van der Waals surface area contributed by atoms with Crippen LogP contribution in [0.5, 0.6) is 0 Å². The summed E-state index contributed by atoms with van der Waals surface area (Å²) in [6, 6.07) is 15.2. The molecule has 0 bridgehead atoms. The molecular weight excluding hydrogens is 338 g/mol. The fourth-order valence-corrected chi connectivity index (χ4v) is 2.74. The van der Waals surface area contributed by atoms with Crippen molar-refractivity contribution in [3.63, 3.8) is 0 Å². The van der Waals surface area contributed by atoms with Crippen LogP contribution in [0.15, 0.2) is 60.0 Å². The zero-order valence-corrected chi connectivity index (χ0v) is 13.8. The van der Waals surface area contributed by atoms with E-state index in [9.17, 15) is 14.9 Å². The molecule has 0 aliphatic carbocycles. The number of nitrogens with one attached hydrogen (secondary N) is 1. The van der Waals surface area contributed by atoms with Gasteiger partial charge < -0.3 is 0 Å². The lowest BCUT2D eigenvalue weighted by atomic mass is 10.2. The number of anilines is 1. The van der Waals surface area contributed by atoms with Gasteiger partial charge in [0.05, 0.1) is 10.6 Å². The van der Waals surface area contributed by atoms with E-state index in [0.29, 0.717) is 16.4 Å². The van der Waals surface area contributed by atoms with Crippen LogP contribution in [0.1, 0.15) is 21.6 Å². The number of amides is 1. The number of hydrogen-bond acceptors (Lipinski definition) is 5. The van der Waals surface area contributed by atoms with Gasteiger partial charge >= 0.3 is 0 Å². The van der Waals surface area contributed by atoms with Gasteiger partial charge in [-0.2, -0.15) is 0 Å². The quantitative estimate of drug-likeness (QED) is 0.543. The molecule has 6 nitrogen and oxygen atoms in total. The number of rotatable bonds is 5. The minimum atomic E-state index is -0.435. The monoisotopic (exact) mass is 351 g/mol. The molecule has 1 N–H and O–H groups in total. The summed E-state index contributed by atoms with van der Waals surface area (Å²) in [7, 11) is 0. The van der Waals surface area contributed by atoms with Gasteiger partial charge in [0, 0.05) is 23.1 Å². The van der Waals surface area contributed by atoms with E-state index in [1.165, 1.54) is 23.5 Å². The van der Waals surface area contributed by atoms with Gasteiger partial charge in [-0.15, -0.1) is 11.3 Å². The maximum Gasteiger partial charge on any atom is 0.269 e. The molecule has 124 valence electrons. The molecule has 0 unspecified atom stereocenters. The first kappa shape index (κ1) is 16.5. The third-order valence-electron chi connectivity index (χ3n) is 3.33. The Balaban J connectivity index is 1.65. The van der Waals surface area contributed by atoms with Crippen molar-refractivity contribution in [2.24, 2.45) is 0 Å². The van der Waals surface area contributed by atoms with Crippen molar-refractivity contribution in [3.05, 3.63) is 86.9 Å². The third-order valence-corrected chi connectivity index (χ3v) is 4.10. The first-order valence-electron chi connectivity index (χ1n) is 7.36. The van der Waals surface area contributed by atoms with E-state index in [4.69, 9.17) is 0 Å². The Hall–Kier alpha value is -3.32. The Morgan fingerprint density at radius 1 is 1.08 bits per heavy atom. The van der Waals surface area contributed by atoms with E-state index < -0.39 is 4.92 Å². The van der Waals surface area contributed by atoms with Crippen molar-refractivity contribution in [1.82, 2.24) is 4.98 Å². The highest BCUT2D eigenvalue weighted by Gasteiger charge is 2.07. The zero-order valence-electron chi connectivity index (χ0n) is 13.0. The molecule has 0 atom stereocenters. The van der Waals surface area contributed by atoms with Gasteiger partial charge in [0.15, 0.2) is 5.13 Å². The lowest BCUT2D eigenvalue weighted by molar-refractivity contribution is -0.384. The molecule has 3 rings (SSSR count). The molecule has 0 spiro atoms. The molecule has 1 heterocycles. The molecule has 0 aliphatic heterocycles. The molecule has 3 aromatic rings. The van der Waals surface area contributed by atoms with E-state index in [1.54, 1.807) is 42.5 Å². The van der Waals surface area contributed by atoms with Crippen molar-refractivity contribution < 1.29 is 9.72 Å². The molecule has 7 heteroatoms. The van der Waals surface area contributed by atoms with Crippen molar-refractivity contribution in [2.75, 3.05) is 5.32 Å². The summed E-state index contributed by atoms with van der Waals surface area (Å²) in [5.41, 5.74) is 2.15. The van der Waals surface area contributed by atoms with Crippen LogP contribution in [0.2, 0.25) is 0 Å². The Kier molecular flexibility index (Phi) is 4.96. The zero-order chi connectivity index (χ0) is 17.6. The Labute approximate surface area is 147 Å². The molecule has 1 amide bonds. The molecule has 0 saturated carbocycles. The SMILES string of the molecule is O=C(Nc1nc(/C=C/c2ccc([N+](=O)[O-])cc2)cs1)c1ccccc1. The van der Waals surface area contributed by atoms with Crippen LogP contribution in [-0.4, -0.2) is 15.8 Å². The standard InChI is InChI=1S/C18H13N3O3S/c22-17(14-4-2-1-3-5-14)20-18-19-15(12-25-18)9-6-13-7-10-16(11-8-13)21(23)24/h1-12H,(H,19,20,22)/b9-6+. The maximum absolute atomic E-state index is 12.1. The van der Waals surface area contributed by atoms with Crippen LogP contribution in [0.25, 0.3) is 12.2 Å². The molecule has 1 aromatic heterocycles. The summed E-state index contributed by atoms with van der Waals surface area (Å²) in [4.78, 5) is 26.6. The summed E-state index contributed by atoms with van der Waals surface area (Å²) in [6.07, 6.45) is 3.59. The van der Waals surface area contributed by atoms with Crippen molar-refractivity contribution in [3.8, 4) is 0 Å². The van der Waals surface area contributed by atoms with Gasteiger partial charge in [-0.25, -0.2) is 4.98 Å². The Morgan fingerprint density at radius 2 is 1.80 bits per heavy atom. The van der Waals surface area contributed by atoms with Gasteiger partial charge in [0.1, 0.15) is 0 Å². The largest absolute Gasteiger partial charge is 0.298 e. The molecule has 0 saturated heterocycles. The first-order valence-corrected chi connectivity index (χ1v) is 8.24. The normalized spacial score (nSPS) is 10.7. The molecular formula is C18H13N3O3S. The van der Waals surface area contributed by atoms with Crippen molar-refractivity contribution in [2.45, 2.75) is 0 Å². The number of thiazole rings is 1. The average Bonchev–Trinajstić information content (AvgIpc) is 3.08. The number of nitrogens with zero attached hydrogens (tertiary/aromatic N) is 2. The second-order valence-electron chi connectivity index (χ2n) is 5.08. The van der Waals surface area contributed by atoms with E-state index in [-0.39, 0.29) is 11.6 Å². The fourth-order valence-electron chi connectivity index (χ4n) is 2.07. The molecule has 2 aromatic carbocycles. The number of hydrogen-bond donors (Lipinski definition) is 1. The van der Waals surface area contributed by atoms with E-state index in [0.717, 1.165) is 5.56 Å². The molecule has 0 radical (unpaired) electrons. The predicted octanol–water partition coefficient (Wildman–Crippen LogP) is 4.47. The molecule has 25 heavy (non-hydrogen) atoms. The summed E-state index contributed by atoms with van der Waals surface area (Å²) in [5.74, 6) is -0.208. The van der Waals surface area contributed by atoms with E-state index in [2.05, 4.69) is 10.3 Å². The summed E-state index contributed by atoms with van der Waals surface area (Å²) in [5, 5.41) is 15.7. The number of non-ortho nitro benzene ring substituents is 1. The topological polar surface area (TPSA) is 85.1 Å². The van der Waals surface area contributed by atoms with Crippen molar-refractivity contribution >= 4 is 40.2 Å². The van der Waals surface area contributed by atoms with Crippen LogP contribution >= 0.6 is 11.3 Å². The smallest absolute Gasteiger partial charge is 0.269 e. The number of carbonyl (C=O) groups is 1. The maximum atomic E-state index is 12.1. The summed E-state index contributed by atoms with van der Waals surface area (Å²) < 4.78 is 0. The highest BCUT2D eigenvalue weighted by molar-refractivity contribution is 7.14. The highest BCUT2D eigenvalue weighted by atomic mass is 32.1. The second-order valence-corrected chi connectivity index (χ2v) is 5.94. The van der Waals surface area contributed by atoms with E-state index >= 15 is 0 Å². The minimum Gasteiger partial charge on any atom is -0.298 e. The number of nitro groups is 1.